The van der Waals surface area contributed by atoms with Crippen LogP contribution in [0, 0.1) is 0 Å². The highest BCUT2D eigenvalue weighted by Crippen LogP contribution is 2.31. The molecule has 0 aliphatic carbocycles. The molecule has 1 unspecified atom stereocenters. The van der Waals surface area contributed by atoms with Crippen LogP contribution in [0.3, 0.4) is 0 Å². The number of hydrogen-bond acceptors (Lipinski definition) is 3. The van der Waals surface area contributed by atoms with Gasteiger partial charge in [-0.2, -0.15) is 16.4 Å². The third-order valence-corrected chi connectivity index (χ3v) is 4.49. The Bertz CT molecular complexity index is 506. The van der Waals surface area contributed by atoms with Gasteiger partial charge >= 0.3 is 0 Å². The van der Waals surface area contributed by atoms with Crippen LogP contribution in [-0.2, 0) is 13.0 Å². The van der Waals surface area contributed by atoms with Crippen molar-refractivity contribution in [2.24, 2.45) is 0 Å². The molecule has 0 bridgehead atoms. The highest BCUT2D eigenvalue weighted by Gasteiger charge is 2.19. The molecule has 0 amide bonds. The van der Waals surface area contributed by atoms with E-state index in [1.807, 2.05) is 28.4 Å². The summed E-state index contributed by atoms with van der Waals surface area (Å²) in [6.45, 7) is 4.87. The van der Waals surface area contributed by atoms with Crippen molar-refractivity contribution in [2.45, 2.75) is 32.9 Å². The minimum absolute atomic E-state index is 0.608. The second-order valence-corrected chi connectivity index (χ2v) is 5.41. The lowest BCUT2D eigenvalue weighted by molar-refractivity contribution is 0.208. The Hall–Kier alpha value is -0.650. The topological polar surface area (TPSA) is 38.0 Å². The van der Waals surface area contributed by atoms with Gasteiger partial charge in [-0.15, -0.1) is 0 Å². The van der Waals surface area contributed by atoms with E-state index in [0.29, 0.717) is 0 Å². The highest BCUT2D eigenvalue weighted by molar-refractivity contribution is 9.10. The smallest absolute Gasteiger partial charge is 0.123 e. The minimum atomic E-state index is -0.608. The first kappa shape index (κ1) is 12.8. The molecule has 0 saturated heterocycles. The minimum Gasteiger partial charge on any atom is -0.382 e. The molecule has 0 aliphatic heterocycles. The van der Waals surface area contributed by atoms with Crippen LogP contribution < -0.4 is 0 Å². The molecule has 2 aromatic rings. The van der Waals surface area contributed by atoms with E-state index in [2.05, 4.69) is 28.0 Å². The molecule has 1 atom stereocenters. The van der Waals surface area contributed by atoms with Gasteiger partial charge < -0.3 is 5.11 Å². The van der Waals surface area contributed by atoms with Crippen LogP contribution >= 0.6 is 27.3 Å². The van der Waals surface area contributed by atoms with E-state index in [9.17, 15) is 5.11 Å². The normalized spacial score (nSPS) is 12.9. The van der Waals surface area contributed by atoms with E-state index in [-0.39, 0.29) is 0 Å². The Labute approximate surface area is 113 Å². The Morgan fingerprint density at radius 1 is 1.47 bits per heavy atom. The Kier molecular flexibility index (Phi) is 4.01. The Morgan fingerprint density at radius 3 is 2.76 bits per heavy atom. The molecule has 0 spiro atoms. The second-order valence-electron chi connectivity index (χ2n) is 3.81. The summed E-state index contributed by atoms with van der Waals surface area (Å²) in [5, 5.41) is 18.8. The summed E-state index contributed by atoms with van der Waals surface area (Å²) in [6.07, 6.45) is 0.278. The van der Waals surface area contributed by atoms with E-state index in [4.69, 9.17) is 0 Å². The van der Waals surface area contributed by atoms with Gasteiger partial charge in [0.2, 0.25) is 0 Å². The molecule has 92 valence electrons. The van der Waals surface area contributed by atoms with Gasteiger partial charge in [-0.1, -0.05) is 6.92 Å². The molecule has 3 nitrogen and oxygen atoms in total. The van der Waals surface area contributed by atoms with Gasteiger partial charge in [0.15, 0.2) is 0 Å². The summed E-state index contributed by atoms with van der Waals surface area (Å²) in [5.41, 5.74) is 2.79. The zero-order valence-electron chi connectivity index (χ0n) is 9.85. The SMILES string of the molecule is CCc1cc(C(O)c2cscc2Br)n(CC)n1. The van der Waals surface area contributed by atoms with Crippen LogP contribution in [0.2, 0.25) is 0 Å². The fourth-order valence-electron chi connectivity index (χ4n) is 1.78. The molecule has 5 heteroatoms. The van der Waals surface area contributed by atoms with Gasteiger partial charge in [-0.3, -0.25) is 4.68 Å². The molecule has 2 heterocycles. The van der Waals surface area contributed by atoms with Gasteiger partial charge in [-0.05, 0) is 40.7 Å². The highest BCUT2D eigenvalue weighted by atomic mass is 79.9. The first-order chi connectivity index (χ1) is 8.17. The largest absolute Gasteiger partial charge is 0.382 e. The molecule has 0 aromatic carbocycles. The summed E-state index contributed by atoms with van der Waals surface area (Å²) in [7, 11) is 0. The number of halogens is 1. The monoisotopic (exact) mass is 314 g/mol. The lowest BCUT2D eigenvalue weighted by atomic mass is 10.1. The maximum atomic E-state index is 10.4. The molecule has 2 rings (SSSR count). The van der Waals surface area contributed by atoms with E-state index >= 15 is 0 Å². The number of aromatic nitrogens is 2. The van der Waals surface area contributed by atoms with Gasteiger partial charge in [0.25, 0.3) is 0 Å². The fraction of sp³-hybridized carbons (Fsp3) is 0.417. The maximum absolute atomic E-state index is 10.4. The summed E-state index contributed by atoms with van der Waals surface area (Å²) in [5.74, 6) is 0. The van der Waals surface area contributed by atoms with Crippen molar-refractivity contribution in [1.82, 2.24) is 9.78 Å². The lowest BCUT2D eigenvalue weighted by Gasteiger charge is -2.11. The zero-order chi connectivity index (χ0) is 12.4. The number of aliphatic hydroxyl groups excluding tert-OH is 1. The van der Waals surface area contributed by atoms with Crippen molar-refractivity contribution in [2.75, 3.05) is 0 Å². The predicted octanol–water partition coefficient (Wildman–Crippen LogP) is 3.37. The van der Waals surface area contributed by atoms with Gasteiger partial charge in [0.05, 0.1) is 11.4 Å². The van der Waals surface area contributed by atoms with Crippen molar-refractivity contribution in [3.63, 3.8) is 0 Å². The van der Waals surface area contributed by atoms with Crippen molar-refractivity contribution in [1.29, 1.82) is 0 Å². The molecule has 0 radical (unpaired) electrons. The summed E-state index contributed by atoms with van der Waals surface area (Å²) in [6, 6.07) is 1.98. The third-order valence-electron chi connectivity index (χ3n) is 2.74. The Balaban J connectivity index is 2.39. The van der Waals surface area contributed by atoms with E-state index in [0.717, 1.165) is 34.4 Å². The van der Waals surface area contributed by atoms with E-state index in [1.165, 1.54) is 0 Å². The molecule has 17 heavy (non-hydrogen) atoms. The molecule has 0 fully saturated rings. The first-order valence-corrected chi connectivity index (χ1v) is 7.37. The van der Waals surface area contributed by atoms with Crippen molar-refractivity contribution >= 4 is 27.3 Å². The van der Waals surface area contributed by atoms with Gasteiger partial charge in [-0.25, -0.2) is 0 Å². The van der Waals surface area contributed by atoms with Gasteiger partial charge in [0, 0.05) is 22.0 Å². The predicted molar refractivity (Wildman–Crippen MR) is 73.4 cm³/mol. The van der Waals surface area contributed by atoms with E-state index in [1.54, 1.807) is 11.3 Å². The first-order valence-electron chi connectivity index (χ1n) is 5.63. The number of hydrogen-bond donors (Lipinski definition) is 1. The van der Waals surface area contributed by atoms with Crippen LogP contribution in [-0.4, -0.2) is 14.9 Å². The molecule has 2 aromatic heterocycles. The number of aryl methyl sites for hydroxylation is 2. The van der Waals surface area contributed by atoms with Crippen LogP contribution in [0.4, 0.5) is 0 Å². The zero-order valence-corrected chi connectivity index (χ0v) is 12.3. The van der Waals surface area contributed by atoms with Crippen molar-refractivity contribution in [3.05, 3.63) is 38.3 Å². The molecule has 0 saturated carbocycles. The summed E-state index contributed by atoms with van der Waals surface area (Å²) < 4.78 is 2.82. The van der Waals surface area contributed by atoms with Gasteiger partial charge in [0.1, 0.15) is 6.10 Å². The summed E-state index contributed by atoms with van der Waals surface area (Å²) >= 11 is 5.03. The second kappa shape index (κ2) is 5.33. The quantitative estimate of drug-likeness (QED) is 0.939. The number of rotatable bonds is 4. The van der Waals surface area contributed by atoms with Crippen LogP contribution in [0.1, 0.15) is 36.9 Å². The lowest BCUT2D eigenvalue weighted by Crippen LogP contribution is -2.08. The number of thiophene rings is 1. The standard InChI is InChI=1S/C12H15BrN2OS/c1-3-8-5-11(15(4-2)14-8)12(16)9-6-17-7-10(9)13/h5-7,12,16H,3-4H2,1-2H3. The third kappa shape index (κ3) is 2.46. The number of aliphatic hydroxyl groups is 1. The fourth-order valence-corrected chi connectivity index (χ4v) is 3.31. The van der Waals surface area contributed by atoms with Crippen molar-refractivity contribution < 1.29 is 5.11 Å². The summed E-state index contributed by atoms with van der Waals surface area (Å²) in [4.78, 5) is 0. The molecule has 0 aliphatic rings. The number of nitrogens with zero attached hydrogens (tertiary/aromatic N) is 2. The maximum Gasteiger partial charge on any atom is 0.123 e. The molecular weight excluding hydrogens is 300 g/mol. The van der Waals surface area contributed by atoms with E-state index < -0.39 is 6.10 Å². The van der Waals surface area contributed by atoms with Crippen LogP contribution in [0.25, 0.3) is 0 Å². The average molecular weight is 315 g/mol. The van der Waals surface area contributed by atoms with Crippen LogP contribution in [0.15, 0.2) is 21.3 Å². The molecule has 1 N–H and O–H groups in total. The van der Waals surface area contributed by atoms with Crippen molar-refractivity contribution in [3.8, 4) is 0 Å². The average Bonchev–Trinajstić information content (AvgIpc) is 2.93. The Morgan fingerprint density at radius 2 is 2.24 bits per heavy atom. The van der Waals surface area contributed by atoms with Crippen LogP contribution in [0.5, 0.6) is 0 Å². The molecular formula is C12H15BrN2OS.